The average Bonchev–Trinajstić information content (AvgIpc) is 3.14. The van der Waals surface area contributed by atoms with Gasteiger partial charge in [-0.3, -0.25) is 4.90 Å². The van der Waals surface area contributed by atoms with Crippen LogP contribution in [0.1, 0.15) is 24.8 Å². The summed E-state index contributed by atoms with van der Waals surface area (Å²) in [5.74, 6) is 0.390. The lowest BCUT2D eigenvalue weighted by atomic mass is 9.95. The van der Waals surface area contributed by atoms with Gasteiger partial charge in [-0.2, -0.15) is 13.2 Å². The number of benzene rings is 1. The Hall–Kier alpha value is -1.80. The number of rotatable bonds is 4. The summed E-state index contributed by atoms with van der Waals surface area (Å²) >= 11 is 0. The molecule has 1 unspecified atom stereocenters. The lowest BCUT2D eigenvalue weighted by Gasteiger charge is -2.35. The van der Waals surface area contributed by atoms with Crippen LogP contribution in [0.4, 0.5) is 23.7 Å². The number of amides is 2. The van der Waals surface area contributed by atoms with Gasteiger partial charge < -0.3 is 15.4 Å². The molecule has 1 aromatic rings. The number of anilines is 1. The van der Waals surface area contributed by atoms with E-state index in [4.69, 9.17) is 4.74 Å². The van der Waals surface area contributed by atoms with Crippen LogP contribution in [0.25, 0.3) is 0 Å². The maximum atomic E-state index is 12.7. The summed E-state index contributed by atoms with van der Waals surface area (Å²) in [5.41, 5.74) is -0.646. The van der Waals surface area contributed by atoms with Crippen LogP contribution in [0.3, 0.4) is 0 Å². The zero-order chi connectivity index (χ0) is 18.6. The van der Waals surface area contributed by atoms with Gasteiger partial charge in [-0.05, 0) is 56.5 Å². The fourth-order valence-electron chi connectivity index (χ4n) is 3.52. The van der Waals surface area contributed by atoms with Gasteiger partial charge in [0.15, 0.2) is 0 Å². The zero-order valence-corrected chi connectivity index (χ0v) is 14.5. The van der Waals surface area contributed by atoms with Gasteiger partial charge in [-0.25, -0.2) is 4.79 Å². The maximum absolute atomic E-state index is 12.7. The van der Waals surface area contributed by atoms with Gasteiger partial charge >= 0.3 is 12.2 Å². The summed E-state index contributed by atoms with van der Waals surface area (Å²) in [4.78, 5) is 14.4. The van der Waals surface area contributed by atoms with Crippen molar-refractivity contribution in [2.24, 2.45) is 5.92 Å². The maximum Gasteiger partial charge on any atom is 0.416 e. The Morgan fingerprint density at radius 1 is 1.23 bits per heavy atom. The van der Waals surface area contributed by atoms with Crippen LogP contribution in [0.15, 0.2) is 24.3 Å². The number of carbonyl (C=O) groups excluding carboxylic acids is 1. The molecule has 3 rings (SSSR count). The fourth-order valence-corrected chi connectivity index (χ4v) is 3.52. The highest BCUT2D eigenvalue weighted by atomic mass is 19.4. The van der Waals surface area contributed by atoms with E-state index < -0.39 is 17.8 Å². The van der Waals surface area contributed by atoms with Crippen molar-refractivity contribution in [1.29, 1.82) is 0 Å². The highest BCUT2D eigenvalue weighted by Gasteiger charge is 2.30. The summed E-state index contributed by atoms with van der Waals surface area (Å²) in [7, 11) is 0. The standard InChI is InChI=1S/C18H24F3N3O2/c19-18(20,21)14-2-1-3-15(10-14)23-17(25)22-11-13-4-7-24(8-5-13)16-6-9-26-12-16/h1-3,10,13,16H,4-9,11-12H2,(H2,22,23,25). The molecule has 0 aromatic heterocycles. The first-order chi connectivity index (χ1) is 12.4. The lowest BCUT2D eigenvalue weighted by molar-refractivity contribution is -0.137. The Bertz CT molecular complexity index is 610. The number of ether oxygens (including phenoxy) is 1. The highest BCUT2D eigenvalue weighted by Crippen LogP contribution is 2.30. The van der Waals surface area contributed by atoms with E-state index in [0.29, 0.717) is 18.5 Å². The van der Waals surface area contributed by atoms with E-state index in [9.17, 15) is 18.0 Å². The number of nitrogens with zero attached hydrogens (tertiary/aromatic N) is 1. The van der Waals surface area contributed by atoms with E-state index in [1.807, 2.05) is 0 Å². The molecule has 5 nitrogen and oxygen atoms in total. The van der Waals surface area contributed by atoms with Gasteiger partial charge in [-0.15, -0.1) is 0 Å². The van der Waals surface area contributed by atoms with E-state index >= 15 is 0 Å². The molecule has 2 aliphatic rings. The van der Waals surface area contributed by atoms with Crippen LogP contribution < -0.4 is 10.6 Å². The topological polar surface area (TPSA) is 53.6 Å². The molecule has 2 fully saturated rings. The first-order valence-corrected chi connectivity index (χ1v) is 8.96. The molecule has 144 valence electrons. The van der Waals surface area contributed by atoms with Gasteiger partial charge in [0.1, 0.15) is 0 Å². The van der Waals surface area contributed by atoms with Crippen molar-refractivity contribution in [2.45, 2.75) is 31.5 Å². The van der Waals surface area contributed by atoms with Crippen LogP contribution in [-0.2, 0) is 10.9 Å². The Balaban J connectivity index is 1.41. The van der Waals surface area contributed by atoms with Gasteiger partial charge in [0.05, 0.1) is 12.2 Å². The molecule has 2 amide bonds. The van der Waals surface area contributed by atoms with Crippen molar-refractivity contribution in [3.8, 4) is 0 Å². The Morgan fingerprint density at radius 3 is 2.65 bits per heavy atom. The second-order valence-electron chi connectivity index (χ2n) is 6.91. The number of halogens is 3. The zero-order valence-electron chi connectivity index (χ0n) is 14.5. The first kappa shape index (κ1) is 19.0. The molecule has 26 heavy (non-hydrogen) atoms. The molecular weight excluding hydrogens is 347 g/mol. The molecule has 2 heterocycles. The molecule has 0 spiro atoms. The third-order valence-electron chi connectivity index (χ3n) is 5.07. The fraction of sp³-hybridized carbons (Fsp3) is 0.611. The molecule has 1 aromatic carbocycles. The molecule has 0 aliphatic carbocycles. The number of nitrogens with one attached hydrogen (secondary N) is 2. The largest absolute Gasteiger partial charge is 0.416 e. The second kappa shape index (κ2) is 8.26. The van der Waals surface area contributed by atoms with Crippen molar-refractivity contribution >= 4 is 11.7 Å². The van der Waals surface area contributed by atoms with Gasteiger partial charge in [0.2, 0.25) is 0 Å². The minimum Gasteiger partial charge on any atom is -0.380 e. The number of carbonyl (C=O) groups is 1. The summed E-state index contributed by atoms with van der Waals surface area (Å²) < 4.78 is 43.5. The van der Waals surface area contributed by atoms with Crippen molar-refractivity contribution in [1.82, 2.24) is 10.2 Å². The highest BCUT2D eigenvalue weighted by molar-refractivity contribution is 5.89. The number of piperidine rings is 1. The van der Waals surface area contributed by atoms with Crippen molar-refractivity contribution < 1.29 is 22.7 Å². The quantitative estimate of drug-likeness (QED) is 0.854. The normalized spacial score (nSPS) is 22.3. The van der Waals surface area contributed by atoms with E-state index in [-0.39, 0.29) is 5.69 Å². The predicted molar refractivity (Wildman–Crippen MR) is 92.0 cm³/mol. The van der Waals surface area contributed by atoms with E-state index in [2.05, 4.69) is 15.5 Å². The predicted octanol–water partition coefficient (Wildman–Crippen LogP) is 3.33. The summed E-state index contributed by atoms with van der Waals surface area (Å²) in [6.45, 7) is 4.16. The third kappa shape index (κ3) is 5.11. The molecule has 0 radical (unpaired) electrons. The smallest absolute Gasteiger partial charge is 0.380 e. The summed E-state index contributed by atoms with van der Waals surface area (Å²) in [6.07, 6.45) is -1.34. The molecule has 2 N–H and O–H groups in total. The van der Waals surface area contributed by atoms with Crippen LogP contribution in [-0.4, -0.2) is 49.8 Å². The van der Waals surface area contributed by atoms with E-state index in [1.165, 1.54) is 12.1 Å². The lowest BCUT2D eigenvalue weighted by Crippen LogP contribution is -2.44. The monoisotopic (exact) mass is 371 g/mol. The molecule has 2 aliphatic heterocycles. The minimum atomic E-state index is -4.42. The van der Waals surface area contributed by atoms with Gasteiger partial charge in [0, 0.05) is 24.9 Å². The molecule has 2 saturated heterocycles. The van der Waals surface area contributed by atoms with Gasteiger partial charge in [-0.1, -0.05) is 6.07 Å². The van der Waals surface area contributed by atoms with Gasteiger partial charge in [0.25, 0.3) is 0 Å². The third-order valence-corrected chi connectivity index (χ3v) is 5.07. The van der Waals surface area contributed by atoms with E-state index in [1.54, 1.807) is 0 Å². The van der Waals surface area contributed by atoms with Crippen molar-refractivity contribution in [2.75, 3.05) is 38.2 Å². The molecular formula is C18H24F3N3O2. The van der Waals surface area contributed by atoms with Crippen LogP contribution in [0.2, 0.25) is 0 Å². The Kier molecular flexibility index (Phi) is 6.03. The van der Waals surface area contributed by atoms with E-state index in [0.717, 1.165) is 57.7 Å². The van der Waals surface area contributed by atoms with Crippen LogP contribution >= 0.6 is 0 Å². The molecule has 0 bridgehead atoms. The Morgan fingerprint density at radius 2 is 2.00 bits per heavy atom. The Labute approximate surface area is 150 Å². The SMILES string of the molecule is O=C(NCC1CCN(C2CCOC2)CC1)Nc1cccc(C(F)(F)F)c1. The molecule has 8 heteroatoms. The number of likely N-dealkylation sites (tertiary alicyclic amines) is 1. The summed E-state index contributed by atoms with van der Waals surface area (Å²) in [6, 6.07) is 4.68. The number of urea groups is 1. The number of hydrogen-bond donors (Lipinski definition) is 2. The summed E-state index contributed by atoms with van der Waals surface area (Å²) in [5, 5.41) is 5.24. The number of alkyl halides is 3. The van der Waals surface area contributed by atoms with Crippen molar-refractivity contribution in [3.63, 3.8) is 0 Å². The minimum absolute atomic E-state index is 0.133. The van der Waals surface area contributed by atoms with Crippen LogP contribution in [0.5, 0.6) is 0 Å². The average molecular weight is 371 g/mol. The molecule has 0 saturated carbocycles. The molecule has 1 atom stereocenters. The first-order valence-electron chi connectivity index (χ1n) is 8.96. The second-order valence-corrected chi connectivity index (χ2v) is 6.91. The van der Waals surface area contributed by atoms with Crippen LogP contribution in [0, 0.1) is 5.92 Å². The van der Waals surface area contributed by atoms with Crippen molar-refractivity contribution in [3.05, 3.63) is 29.8 Å². The number of hydrogen-bond acceptors (Lipinski definition) is 3.